The largest absolute Gasteiger partial charge is 0.463 e. The molecule has 0 aromatic carbocycles. The molecule has 0 saturated heterocycles. The molecular weight excluding hydrogens is 216 g/mol. The van der Waals surface area contributed by atoms with Crippen LogP contribution in [0.3, 0.4) is 0 Å². The first-order valence-electron chi connectivity index (χ1n) is 6.48. The zero-order chi connectivity index (χ0) is 12.7. The number of aliphatic hydroxyl groups is 1. The van der Waals surface area contributed by atoms with Gasteiger partial charge in [-0.05, 0) is 50.4 Å². The summed E-state index contributed by atoms with van der Waals surface area (Å²) in [6.45, 7) is 6.28. The second kappa shape index (κ2) is 4.13. The Bertz CT molecular complexity index is 343. The van der Waals surface area contributed by atoms with Gasteiger partial charge in [0, 0.05) is 6.08 Å². The molecule has 3 saturated carbocycles. The molecule has 4 unspecified atom stereocenters. The van der Waals surface area contributed by atoms with E-state index in [1.54, 1.807) is 6.92 Å². The molecule has 3 aliphatic carbocycles. The fraction of sp³-hybridized carbons (Fsp3) is 0.786. The number of ether oxygens (including phenoxy) is 1. The molecule has 0 radical (unpaired) electrons. The number of carbonyl (C=O) groups excluding carboxylic acids is 1. The van der Waals surface area contributed by atoms with Crippen LogP contribution in [0.2, 0.25) is 0 Å². The first kappa shape index (κ1) is 12.6. The van der Waals surface area contributed by atoms with Crippen LogP contribution >= 0.6 is 0 Å². The average molecular weight is 238 g/mol. The minimum Gasteiger partial charge on any atom is -0.463 e. The third-order valence-electron chi connectivity index (χ3n) is 4.77. The van der Waals surface area contributed by atoms with E-state index in [0.717, 1.165) is 19.3 Å². The maximum atomic E-state index is 11.3. The molecule has 3 aliphatic rings. The molecular formula is C14H22O3. The Morgan fingerprint density at radius 3 is 2.76 bits per heavy atom. The van der Waals surface area contributed by atoms with Gasteiger partial charge in [0.25, 0.3) is 0 Å². The van der Waals surface area contributed by atoms with E-state index < -0.39 is 5.60 Å². The predicted molar refractivity (Wildman–Crippen MR) is 65.3 cm³/mol. The summed E-state index contributed by atoms with van der Waals surface area (Å²) in [5.74, 6) is 0.608. The highest BCUT2D eigenvalue weighted by Crippen LogP contribution is 2.63. The van der Waals surface area contributed by atoms with Crippen molar-refractivity contribution in [3.63, 3.8) is 0 Å². The van der Waals surface area contributed by atoms with Crippen molar-refractivity contribution in [2.24, 2.45) is 17.3 Å². The summed E-state index contributed by atoms with van der Waals surface area (Å²) >= 11 is 0. The zero-order valence-corrected chi connectivity index (χ0v) is 10.9. The second-order valence-electron chi connectivity index (χ2n) is 5.83. The topological polar surface area (TPSA) is 46.5 Å². The molecule has 3 fully saturated rings. The number of fused-ring (bicyclic) bond motifs is 2. The van der Waals surface area contributed by atoms with Crippen molar-refractivity contribution in [2.75, 3.05) is 6.61 Å². The van der Waals surface area contributed by atoms with E-state index in [0.29, 0.717) is 12.5 Å². The van der Waals surface area contributed by atoms with E-state index >= 15 is 0 Å². The Morgan fingerprint density at radius 2 is 2.24 bits per heavy atom. The number of carbonyl (C=O) groups is 1. The summed E-state index contributed by atoms with van der Waals surface area (Å²) in [4.78, 5) is 11.3. The quantitative estimate of drug-likeness (QED) is 0.606. The van der Waals surface area contributed by atoms with Gasteiger partial charge in [0.05, 0.1) is 12.2 Å². The molecule has 0 aromatic heterocycles. The van der Waals surface area contributed by atoms with Crippen LogP contribution in [0.4, 0.5) is 0 Å². The fourth-order valence-electron chi connectivity index (χ4n) is 3.60. The molecule has 3 heteroatoms. The van der Waals surface area contributed by atoms with E-state index in [4.69, 9.17) is 4.74 Å². The SMILES string of the molecule is CCOC(=O)/C=C/C1(C)C2CCC(C)(O)C1C2. The van der Waals surface area contributed by atoms with Gasteiger partial charge in [-0.3, -0.25) is 0 Å². The highest BCUT2D eigenvalue weighted by Gasteiger charge is 2.60. The van der Waals surface area contributed by atoms with Crippen molar-refractivity contribution >= 4 is 5.97 Å². The summed E-state index contributed by atoms with van der Waals surface area (Å²) in [5.41, 5.74) is -0.614. The summed E-state index contributed by atoms with van der Waals surface area (Å²) in [6.07, 6.45) is 6.50. The number of hydrogen-bond acceptors (Lipinski definition) is 3. The monoisotopic (exact) mass is 238 g/mol. The first-order valence-corrected chi connectivity index (χ1v) is 6.48. The number of allylic oxidation sites excluding steroid dienone is 1. The van der Waals surface area contributed by atoms with Gasteiger partial charge >= 0.3 is 5.97 Å². The van der Waals surface area contributed by atoms with Crippen LogP contribution < -0.4 is 0 Å². The van der Waals surface area contributed by atoms with Gasteiger partial charge in [-0.25, -0.2) is 4.79 Å². The maximum absolute atomic E-state index is 11.3. The third kappa shape index (κ3) is 2.01. The highest BCUT2D eigenvalue weighted by atomic mass is 16.5. The van der Waals surface area contributed by atoms with E-state index in [-0.39, 0.29) is 17.3 Å². The molecule has 17 heavy (non-hydrogen) atoms. The Balaban J connectivity index is 2.08. The molecule has 3 nitrogen and oxygen atoms in total. The van der Waals surface area contributed by atoms with Crippen molar-refractivity contribution in [2.45, 2.75) is 45.6 Å². The molecule has 0 spiro atoms. The van der Waals surface area contributed by atoms with E-state index in [1.165, 1.54) is 6.08 Å². The third-order valence-corrected chi connectivity index (χ3v) is 4.77. The lowest BCUT2D eigenvalue weighted by molar-refractivity contribution is -0.179. The smallest absolute Gasteiger partial charge is 0.330 e. The maximum Gasteiger partial charge on any atom is 0.330 e. The molecule has 4 atom stereocenters. The average Bonchev–Trinajstić information content (AvgIpc) is 2.24. The molecule has 1 N–H and O–H groups in total. The Morgan fingerprint density at radius 1 is 1.53 bits per heavy atom. The molecule has 0 aliphatic heterocycles. The molecule has 3 rings (SSSR count). The van der Waals surface area contributed by atoms with Gasteiger partial charge in [-0.15, -0.1) is 0 Å². The summed E-state index contributed by atoms with van der Waals surface area (Å²) in [5, 5.41) is 10.3. The van der Waals surface area contributed by atoms with E-state index in [9.17, 15) is 9.90 Å². The van der Waals surface area contributed by atoms with Gasteiger partial charge in [-0.1, -0.05) is 13.0 Å². The lowest BCUT2D eigenvalue weighted by Gasteiger charge is -2.62. The van der Waals surface area contributed by atoms with Crippen molar-refractivity contribution in [1.29, 1.82) is 0 Å². The predicted octanol–water partition coefficient (Wildman–Crippen LogP) is 2.29. The molecule has 0 amide bonds. The first-order chi connectivity index (χ1) is 7.90. The minimum atomic E-state index is -0.581. The van der Waals surface area contributed by atoms with Crippen LogP contribution in [-0.2, 0) is 9.53 Å². The van der Waals surface area contributed by atoms with Crippen LogP contribution in [-0.4, -0.2) is 23.3 Å². The molecule has 2 bridgehead atoms. The lowest BCUT2D eigenvalue weighted by atomic mass is 9.43. The number of rotatable bonds is 3. The summed E-state index contributed by atoms with van der Waals surface area (Å²) in [7, 11) is 0. The zero-order valence-electron chi connectivity index (χ0n) is 10.9. The normalized spacial score (nSPS) is 44.5. The van der Waals surface area contributed by atoms with E-state index in [1.807, 2.05) is 13.0 Å². The Labute approximate surface area is 103 Å². The van der Waals surface area contributed by atoms with Crippen LogP contribution in [0.25, 0.3) is 0 Å². The summed E-state index contributed by atoms with van der Waals surface area (Å²) in [6, 6.07) is 0. The van der Waals surface area contributed by atoms with E-state index in [2.05, 4.69) is 6.92 Å². The highest BCUT2D eigenvalue weighted by molar-refractivity contribution is 5.82. The van der Waals surface area contributed by atoms with Gasteiger partial charge in [0.15, 0.2) is 0 Å². The lowest BCUT2D eigenvalue weighted by Crippen LogP contribution is -2.60. The van der Waals surface area contributed by atoms with Crippen molar-refractivity contribution in [1.82, 2.24) is 0 Å². The molecule has 96 valence electrons. The van der Waals surface area contributed by atoms with Crippen molar-refractivity contribution < 1.29 is 14.6 Å². The standard InChI is InChI=1S/C14H22O3/c1-4-17-12(15)6-7-13(2)10-5-8-14(3,16)11(13)9-10/h6-7,10-11,16H,4-5,8-9H2,1-3H3/b7-6+. The van der Waals surface area contributed by atoms with Crippen LogP contribution in [0.1, 0.15) is 40.0 Å². The Hall–Kier alpha value is -0.830. The molecule has 0 heterocycles. The molecule has 0 aromatic rings. The van der Waals surface area contributed by atoms with Crippen molar-refractivity contribution in [3.05, 3.63) is 12.2 Å². The summed E-state index contributed by atoms with van der Waals surface area (Å²) < 4.78 is 4.89. The van der Waals surface area contributed by atoms with Crippen LogP contribution in [0, 0.1) is 17.3 Å². The van der Waals surface area contributed by atoms with Crippen LogP contribution in [0.5, 0.6) is 0 Å². The number of esters is 1. The van der Waals surface area contributed by atoms with Gasteiger partial charge in [0.1, 0.15) is 0 Å². The Kier molecular flexibility index (Phi) is 3.06. The minimum absolute atomic E-state index is 0.0332. The number of hydrogen-bond donors (Lipinski definition) is 1. The van der Waals surface area contributed by atoms with Crippen LogP contribution in [0.15, 0.2) is 12.2 Å². The van der Waals surface area contributed by atoms with Crippen molar-refractivity contribution in [3.8, 4) is 0 Å². The van der Waals surface area contributed by atoms with Gasteiger partial charge in [-0.2, -0.15) is 0 Å². The van der Waals surface area contributed by atoms with Gasteiger partial charge in [0.2, 0.25) is 0 Å². The second-order valence-corrected chi connectivity index (χ2v) is 5.83. The fourth-order valence-corrected chi connectivity index (χ4v) is 3.60. The van der Waals surface area contributed by atoms with Gasteiger partial charge < -0.3 is 9.84 Å².